The Morgan fingerprint density at radius 2 is 1.94 bits per heavy atom. The third-order valence-electron chi connectivity index (χ3n) is 6.27. The van der Waals surface area contributed by atoms with Crippen molar-refractivity contribution in [2.45, 2.75) is 31.7 Å². The highest BCUT2D eigenvalue weighted by Gasteiger charge is 2.23. The molecule has 2 N–H and O–H groups in total. The third-order valence-corrected chi connectivity index (χ3v) is 6.58. The smallest absolute Gasteiger partial charge is 0.251 e. The second-order valence-electron chi connectivity index (χ2n) is 8.84. The van der Waals surface area contributed by atoms with Crippen LogP contribution >= 0.6 is 11.6 Å². The van der Waals surface area contributed by atoms with Crippen LogP contribution in [0.1, 0.15) is 51.5 Å². The number of hydrogen-bond donors (Lipinski definition) is 2. The number of halogens is 1. The fourth-order valence-electron chi connectivity index (χ4n) is 4.27. The van der Waals surface area contributed by atoms with E-state index < -0.39 is 0 Å². The second-order valence-corrected chi connectivity index (χ2v) is 9.25. The molecule has 34 heavy (non-hydrogen) atoms. The Bertz CT molecular complexity index is 1540. The minimum atomic E-state index is -0.152. The summed E-state index contributed by atoms with van der Waals surface area (Å²) in [5, 5.41) is 5.57. The van der Waals surface area contributed by atoms with E-state index in [1.54, 1.807) is 24.7 Å². The molecular formula is C27H22ClN5O. The molecule has 0 radical (unpaired) electrons. The Balaban J connectivity index is 1.16. The highest BCUT2D eigenvalue weighted by atomic mass is 35.5. The molecule has 6 nitrogen and oxygen atoms in total. The standard InChI is InChI=1S/C27H22ClN5O/c28-24-15-32-26-23(24)9-17(12-31-26)13-33-27(34)19-5-6-29-22(11-19)8-16-1-4-25-20(7-16)10-21(14-30-25)18-2-3-18/h1,4-7,9-12,14-15,18H,2-3,8,13H2,(H,31,32)(H,33,34). The summed E-state index contributed by atoms with van der Waals surface area (Å²) in [5.41, 5.74) is 6.52. The van der Waals surface area contributed by atoms with Crippen molar-refractivity contribution in [3.05, 3.63) is 100 Å². The topological polar surface area (TPSA) is 83.6 Å². The summed E-state index contributed by atoms with van der Waals surface area (Å²) in [4.78, 5) is 29.2. The first-order valence-corrected chi connectivity index (χ1v) is 11.7. The molecule has 168 valence electrons. The van der Waals surface area contributed by atoms with Gasteiger partial charge in [-0.3, -0.25) is 14.8 Å². The molecule has 1 amide bonds. The van der Waals surface area contributed by atoms with E-state index in [0.29, 0.717) is 29.5 Å². The molecule has 0 unspecified atom stereocenters. The van der Waals surface area contributed by atoms with Gasteiger partial charge in [0.15, 0.2) is 0 Å². The average molecular weight is 468 g/mol. The monoisotopic (exact) mass is 467 g/mol. The number of rotatable bonds is 6. The summed E-state index contributed by atoms with van der Waals surface area (Å²) >= 11 is 6.17. The summed E-state index contributed by atoms with van der Waals surface area (Å²) in [6.45, 7) is 0.363. The number of benzene rings is 1. The maximum atomic E-state index is 12.8. The SMILES string of the molecule is O=C(NCc1cnc2[nH]cc(Cl)c2c1)c1ccnc(Cc2ccc3ncc(C4CC4)cc3c2)c1. The van der Waals surface area contributed by atoms with E-state index in [-0.39, 0.29) is 5.91 Å². The van der Waals surface area contributed by atoms with Gasteiger partial charge in [-0.2, -0.15) is 0 Å². The lowest BCUT2D eigenvalue weighted by molar-refractivity contribution is 0.0950. The molecule has 0 aliphatic heterocycles. The number of hydrogen-bond acceptors (Lipinski definition) is 4. The number of fused-ring (bicyclic) bond motifs is 2. The minimum Gasteiger partial charge on any atom is -0.348 e. The summed E-state index contributed by atoms with van der Waals surface area (Å²) in [7, 11) is 0. The van der Waals surface area contributed by atoms with Crippen molar-refractivity contribution in [2.24, 2.45) is 0 Å². The lowest BCUT2D eigenvalue weighted by atomic mass is 10.0. The first kappa shape index (κ1) is 20.8. The summed E-state index contributed by atoms with van der Waals surface area (Å²) in [6.07, 6.45) is 10.3. The molecule has 5 aromatic rings. The quantitative estimate of drug-likeness (QED) is 0.342. The number of H-pyrrole nitrogens is 1. The van der Waals surface area contributed by atoms with Gasteiger partial charge in [-0.1, -0.05) is 17.7 Å². The van der Waals surface area contributed by atoms with E-state index in [1.807, 2.05) is 18.3 Å². The molecule has 0 bridgehead atoms. The van der Waals surface area contributed by atoms with Crippen LogP contribution < -0.4 is 5.32 Å². The van der Waals surface area contributed by atoms with Crippen LogP contribution in [0.15, 0.2) is 67.3 Å². The Morgan fingerprint density at radius 1 is 1.03 bits per heavy atom. The summed E-state index contributed by atoms with van der Waals surface area (Å²) in [5.74, 6) is 0.524. The zero-order valence-corrected chi connectivity index (χ0v) is 19.1. The molecule has 4 aromatic heterocycles. The number of pyridine rings is 3. The first-order chi connectivity index (χ1) is 16.6. The van der Waals surface area contributed by atoms with Crippen LogP contribution in [0.5, 0.6) is 0 Å². The third kappa shape index (κ3) is 4.24. The molecule has 0 spiro atoms. The predicted molar refractivity (Wildman–Crippen MR) is 133 cm³/mol. The molecule has 1 fully saturated rings. The number of carbonyl (C=O) groups is 1. The van der Waals surface area contributed by atoms with Crippen LogP contribution in [0.2, 0.25) is 5.02 Å². The number of nitrogens with one attached hydrogen (secondary N) is 2. The zero-order chi connectivity index (χ0) is 23.1. The number of amides is 1. The van der Waals surface area contributed by atoms with Crippen molar-refractivity contribution in [1.29, 1.82) is 0 Å². The van der Waals surface area contributed by atoms with Crippen LogP contribution in [-0.2, 0) is 13.0 Å². The first-order valence-electron chi connectivity index (χ1n) is 11.4. The van der Waals surface area contributed by atoms with Crippen molar-refractivity contribution in [3.63, 3.8) is 0 Å². The molecule has 1 aliphatic rings. The average Bonchev–Trinajstić information content (AvgIpc) is 3.65. The maximum Gasteiger partial charge on any atom is 0.251 e. The molecule has 7 heteroatoms. The Kier molecular flexibility index (Phi) is 5.23. The van der Waals surface area contributed by atoms with Gasteiger partial charge in [0.2, 0.25) is 0 Å². The fraction of sp³-hybridized carbons (Fsp3) is 0.185. The number of nitrogens with zero attached hydrogens (tertiary/aromatic N) is 3. The molecule has 1 aromatic carbocycles. The lowest BCUT2D eigenvalue weighted by Crippen LogP contribution is -2.23. The molecule has 1 saturated carbocycles. The van der Waals surface area contributed by atoms with Gasteiger partial charge in [0.25, 0.3) is 5.91 Å². The van der Waals surface area contributed by atoms with Crippen LogP contribution in [0.25, 0.3) is 21.9 Å². The molecule has 0 atom stereocenters. The van der Waals surface area contributed by atoms with Crippen LogP contribution in [0.4, 0.5) is 0 Å². The number of carbonyl (C=O) groups excluding carboxylic acids is 1. The Hall–Kier alpha value is -3.77. The van der Waals surface area contributed by atoms with Gasteiger partial charge in [-0.25, -0.2) is 4.98 Å². The van der Waals surface area contributed by atoms with E-state index in [2.05, 4.69) is 49.5 Å². The van der Waals surface area contributed by atoms with Crippen LogP contribution in [-0.4, -0.2) is 25.8 Å². The van der Waals surface area contributed by atoms with Gasteiger partial charge in [0.1, 0.15) is 5.65 Å². The lowest BCUT2D eigenvalue weighted by Gasteiger charge is -2.08. The van der Waals surface area contributed by atoms with Gasteiger partial charge in [0.05, 0.1) is 10.5 Å². The van der Waals surface area contributed by atoms with Crippen molar-refractivity contribution in [3.8, 4) is 0 Å². The molecule has 6 rings (SSSR count). The Labute approximate surface area is 201 Å². The van der Waals surface area contributed by atoms with Gasteiger partial charge >= 0.3 is 0 Å². The number of aromatic nitrogens is 4. The minimum absolute atomic E-state index is 0.152. The highest BCUT2D eigenvalue weighted by Crippen LogP contribution is 2.40. The van der Waals surface area contributed by atoms with Crippen molar-refractivity contribution >= 4 is 39.4 Å². The molecule has 0 saturated heterocycles. The van der Waals surface area contributed by atoms with E-state index in [1.165, 1.54) is 18.4 Å². The second kappa shape index (κ2) is 8.54. The Morgan fingerprint density at radius 3 is 2.82 bits per heavy atom. The molecule has 1 aliphatic carbocycles. The van der Waals surface area contributed by atoms with E-state index >= 15 is 0 Å². The number of aromatic amines is 1. The van der Waals surface area contributed by atoms with Gasteiger partial charge < -0.3 is 10.3 Å². The van der Waals surface area contributed by atoms with Crippen molar-refractivity contribution in [2.75, 3.05) is 0 Å². The van der Waals surface area contributed by atoms with Crippen molar-refractivity contribution < 1.29 is 4.79 Å². The fourth-order valence-corrected chi connectivity index (χ4v) is 4.47. The molecule has 4 heterocycles. The zero-order valence-electron chi connectivity index (χ0n) is 18.4. The van der Waals surface area contributed by atoms with Gasteiger partial charge in [-0.15, -0.1) is 0 Å². The van der Waals surface area contributed by atoms with Crippen LogP contribution in [0, 0.1) is 0 Å². The van der Waals surface area contributed by atoms with E-state index in [9.17, 15) is 4.79 Å². The van der Waals surface area contributed by atoms with Crippen LogP contribution in [0.3, 0.4) is 0 Å². The summed E-state index contributed by atoms with van der Waals surface area (Å²) < 4.78 is 0. The van der Waals surface area contributed by atoms with Gasteiger partial charge in [-0.05, 0) is 71.8 Å². The van der Waals surface area contributed by atoms with Crippen molar-refractivity contribution in [1.82, 2.24) is 25.3 Å². The summed E-state index contributed by atoms with van der Waals surface area (Å²) in [6, 6.07) is 14.1. The van der Waals surface area contributed by atoms with Gasteiger partial charge in [0, 0.05) is 59.8 Å². The highest BCUT2D eigenvalue weighted by molar-refractivity contribution is 6.35. The maximum absolute atomic E-state index is 12.8. The largest absolute Gasteiger partial charge is 0.348 e. The molecular weight excluding hydrogens is 446 g/mol. The predicted octanol–water partition coefficient (Wildman–Crippen LogP) is 5.56. The normalized spacial score (nSPS) is 13.4. The van der Waals surface area contributed by atoms with E-state index in [0.717, 1.165) is 38.8 Å². The van der Waals surface area contributed by atoms with E-state index in [4.69, 9.17) is 11.6 Å².